The van der Waals surface area contributed by atoms with Crippen molar-refractivity contribution < 1.29 is 14.3 Å². The Morgan fingerprint density at radius 3 is 2.41 bits per heavy atom. The number of aromatic nitrogens is 2. The maximum absolute atomic E-state index is 12.3. The van der Waals surface area contributed by atoms with E-state index >= 15 is 0 Å². The monoisotopic (exact) mass is 457 g/mol. The summed E-state index contributed by atoms with van der Waals surface area (Å²) in [5.41, 5.74) is 4.59. The van der Waals surface area contributed by atoms with Crippen molar-refractivity contribution in [2.75, 3.05) is 14.2 Å². The number of pyridine rings is 1. The second kappa shape index (κ2) is 9.47. The summed E-state index contributed by atoms with van der Waals surface area (Å²) in [6, 6.07) is 15.0. The second-order valence-corrected chi connectivity index (χ2v) is 9.06. The number of methoxy groups -OCH3 is 2. The molecule has 3 heterocycles. The Kier molecular flexibility index (Phi) is 6.24. The molecule has 1 fully saturated rings. The number of nitrogens with zero attached hydrogens (tertiary/aromatic N) is 3. The molecule has 0 aliphatic carbocycles. The van der Waals surface area contributed by atoms with Crippen LogP contribution in [0.15, 0.2) is 54.9 Å². The van der Waals surface area contributed by atoms with E-state index in [1.54, 1.807) is 26.6 Å². The number of carbonyl (C=O) groups is 1. The lowest BCUT2D eigenvalue weighted by atomic mass is 9.98. The van der Waals surface area contributed by atoms with Gasteiger partial charge >= 0.3 is 0 Å². The van der Waals surface area contributed by atoms with Crippen LogP contribution in [-0.4, -0.2) is 41.0 Å². The van der Waals surface area contributed by atoms with Crippen molar-refractivity contribution in [3.63, 3.8) is 0 Å². The van der Waals surface area contributed by atoms with Crippen LogP contribution in [0.1, 0.15) is 42.9 Å². The van der Waals surface area contributed by atoms with Gasteiger partial charge in [0.1, 0.15) is 17.8 Å². The average molecular weight is 458 g/mol. The lowest BCUT2D eigenvalue weighted by molar-refractivity contribution is -0.113. The molecule has 1 saturated heterocycles. The summed E-state index contributed by atoms with van der Waals surface area (Å²) in [5, 5.41) is 2.49. The van der Waals surface area contributed by atoms with Gasteiger partial charge in [0.25, 0.3) is 0 Å². The summed E-state index contributed by atoms with van der Waals surface area (Å²) in [5.74, 6) is 1.40. The number of rotatable bonds is 6. The molecule has 2 unspecified atom stereocenters. The Balaban J connectivity index is 1.60. The first-order valence-electron chi connectivity index (χ1n) is 11.9. The van der Waals surface area contributed by atoms with Gasteiger partial charge in [0, 0.05) is 41.4 Å². The zero-order valence-electron chi connectivity index (χ0n) is 20.0. The number of carbonyl (C=O) groups excluding carboxylic acids is 1. The van der Waals surface area contributed by atoms with Gasteiger partial charge in [0.2, 0.25) is 0 Å². The molecule has 0 N–H and O–H groups in total. The zero-order valence-corrected chi connectivity index (χ0v) is 20.0. The Morgan fingerprint density at radius 2 is 1.68 bits per heavy atom. The summed E-state index contributed by atoms with van der Waals surface area (Å²) >= 11 is 0. The van der Waals surface area contributed by atoms with Gasteiger partial charge in [-0.25, -0.2) is 0 Å². The van der Waals surface area contributed by atoms with Crippen molar-refractivity contribution in [2.45, 2.75) is 44.3 Å². The van der Waals surface area contributed by atoms with Gasteiger partial charge in [0.05, 0.1) is 38.2 Å². The smallest absolute Gasteiger partial charge is 0.145 e. The highest BCUT2D eigenvalue weighted by Gasteiger charge is 2.33. The minimum atomic E-state index is -0.168. The normalized spacial score (nSPS) is 19.3. The quantitative estimate of drug-likeness (QED) is 0.362. The fraction of sp³-hybridized carbons (Fsp3) is 0.357. The van der Waals surface area contributed by atoms with E-state index in [0.717, 1.165) is 37.5 Å². The lowest BCUT2D eigenvalue weighted by Crippen LogP contribution is -2.38. The van der Waals surface area contributed by atoms with E-state index in [2.05, 4.69) is 64.0 Å². The van der Waals surface area contributed by atoms with Crippen LogP contribution in [-0.2, 0) is 18.4 Å². The van der Waals surface area contributed by atoms with Crippen molar-refractivity contribution in [1.29, 1.82) is 0 Å². The maximum atomic E-state index is 12.3. The van der Waals surface area contributed by atoms with E-state index < -0.39 is 0 Å². The van der Waals surface area contributed by atoms with Crippen LogP contribution < -0.4 is 9.47 Å². The molecule has 0 saturated carbocycles. The standard InChI is InChI=1S/C28H31N3O3/c1-30-23-10-7-5-9-21(23)22-14-19(12-13-24(22)30)17-31-20(18-32)8-4-6-11-25(31)28-26(33-2)15-29-16-27(28)34-3/h5,7,9-10,12-16,18,20,25H,4,6,8,11,17H2,1-3H3. The first kappa shape index (κ1) is 22.4. The number of aldehydes is 1. The molecule has 2 aromatic carbocycles. The predicted octanol–water partition coefficient (Wildman–Crippen LogP) is 5.43. The molecule has 4 aromatic rings. The van der Waals surface area contributed by atoms with E-state index in [1.807, 2.05) is 0 Å². The number of ether oxygens (including phenoxy) is 2. The van der Waals surface area contributed by atoms with Crippen molar-refractivity contribution in [1.82, 2.24) is 14.5 Å². The van der Waals surface area contributed by atoms with Gasteiger partial charge in [-0.2, -0.15) is 0 Å². The van der Waals surface area contributed by atoms with Gasteiger partial charge in [-0.15, -0.1) is 0 Å². The fourth-order valence-electron chi connectivity index (χ4n) is 5.55. The van der Waals surface area contributed by atoms with Crippen LogP contribution in [0, 0.1) is 0 Å². The Labute approximate surface area is 200 Å². The number of aryl methyl sites for hydroxylation is 1. The molecule has 0 spiro atoms. The number of fused-ring (bicyclic) bond motifs is 3. The van der Waals surface area contributed by atoms with Crippen LogP contribution in [0.3, 0.4) is 0 Å². The number of para-hydroxylation sites is 1. The van der Waals surface area contributed by atoms with Crippen molar-refractivity contribution >= 4 is 28.1 Å². The van der Waals surface area contributed by atoms with Gasteiger partial charge in [-0.3, -0.25) is 9.88 Å². The van der Waals surface area contributed by atoms with Crippen LogP contribution in [0.25, 0.3) is 21.8 Å². The average Bonchev–Trinajstić information content (AvgIpc) is 3.02. The van der Waals surface area contributed by atoms with Gasteiger partial charge in [0.15, 0.2) is 0 Å². The number of hydrogen-bond donors (Lipinski definition) is 0. The van der Waals surface area contributed by atoms with Crippen LogP contribution in [0.4, 0.5) is 0 Å². The minimum absolute atomic E-state index is 0.00573. The summed E-state index contributed by atoms with van der Waals surface area (Å²) in [7, 11) is 5.43. The molecule has 2 aromatic heterocycles. The second-order valence-electron chi connectivity index (χ2n) is 9.06. The molecule has 0 radical (unpaired) electrons. The highest BCUT2D eigenvalue weighted by molar-refractivity contribution is 6.08. The number of benzene rings is 2. The van der Waals surface area contributed by atoms with Gasteiger partial charge in [-0.1, -0.05) is 37.1 Å². The molecule has 6 nitrogen and oxygen atoms in total. The Hall–Kier alpha value is -3.38. The third-order valence-electron chi connectivity index (χ3n) is 7.24. The molecule has 0 bridgehead atoms. The highest BCUT2D eigenvalue weighted by Crippen LogP contribution is 2.42. The Bertz CT molecular complexity index is 1310. The molecule has 6 heteroatoms. The summed E-state index contributed by atoms with van der Waals surface area (Å²) in [6.07, 6.45) is 8.42. The lowest BCUT2D eigenvalue weighted by Gasteiger charge is -2.35. The third kappa shape index (κ3) is 3.82. The van der Waals surface area contributed by atoms with Gasteiger partial charge in [-0.05, 0) is 36.6 Å². The molecule has 176 valence electrons. The SMILES string of the molecule is COc1cncc(OC)c1C1CCCCC(C=O)N1Cc1ccc2c(c1)c1ccccc1n2C. The van der Waals surface area contributed by atoms with E-state index in [-0.39, 0.29) is 12.1 Å². The Morgan fingerprint density at radius 1 is 0.971 bits per heavy atom. The molecule has 1 aliphatic heterocycles. The molecule has 0 amide bonds. The van der Waals surface area contributed by atoms with Crippen LogP contribution in [0.5, 0.6) is 11.5 Å². The molecule has 2 atom stereocenters. The number of hydrogen-bond acceptors (Lipinski definition) is 5. The molecule has 34 heavy (non-hydrogen) atoms. The van der Waals surface area contributed by atoms with Crippen molar-refractivity contribution in [3.05, 3.63) is 66.0 Å². The minimum Gasteiger partial charge on any atom is -0.495 e. The maximum Gasteiger partial charge on any atom is 0.145 e. The summed E-state index contributed by atoms with van der Waals surface area (Å²) < 4.78 is 13.6. The van der Waals surface area contributed by atoms with E-state index in [4.69, 9.17) is 9.47 Å². The molecule has 1 aliphatic rings. The zero-order chi connectivity index (χ0) is 23.7. The fourth-order valence-corrected chi connectivity index (χ4v) is 5.55. The molecular weight excluding hydrogens is 426 g/mol. The molecular formula is C28H31N3O3. The van der Waals surface area contributed by atoms with Crippen molar-refractivity contribution in [3.8, 4) is 11.5 Å². The van der Waals surface area contributed by atoms with Crippen LogP contribution in [0.2, 0.25) is 0 Å². The third-order valence-corrected chi connectivity index (χ3v) is 7.24. The number of likely N-dealkylation sites (tertiary alicyclic amines) is 1. The highest BCUT2D eigenvalue weighted by atomic mass is 16.5. The largest absolute Gasteiger partial charge is 0.495 e. The van der Waals surface area contributed by atoms with E-state index in [0.29, 0.717) is 18.0 Å². The first-order valence-corrected chi connectivity index (χ1v) is 11.9. The summed E-state index contributed by atoms with van der Waals surface area (Å²) in [4.78, 5) is 18.9. The predicted molar refractivity (Wildman–Crippen MR) is 134 cm³/mol. The van der Waals surface area contributed by atoms with Crippen molar-refractivity contribution in [2.24, 2.45) is 7.05 Å². The summed E-state index contributed by atoms with van der Waals surface area (Å²) in [6.45, 7) is 0.669. The first-order chi connectivity index (χ1) is 16.7. The van der Waals surface area contributed by atoms with E-state index in [1.165, 1.54) is 27.4 Å². The topological polar surface area (TPSA) is 56.6 Å². The molecule has 5 rings (SSSR count). The van der Waals surface area contributed by atoms with Crippen LogP contribution >= 0.6 is 0 Å². The van der Waals surface area contributed by atoms with E-state index in [9.17, 15) is 4.79 Å². The van der Waals surface area contributed by atoms with Gasteiger partial charge < -0.3 is 18.8 Å².